The van der Waals surface area contributed by atoms with Crippen LogP contribution in [0.4, 0.5) is 17.6 Å². The molecule has 0 atom stereocenters. The van der Waals surface area contributed by atoms with Crippen LogP contribution < -0.4 is 0 Å². The Labute approximate surface area is 164 Å². The fraction of sp³-hybridized carbons (Fsp3) is 0.522. The van der Waals surface area contributed by atoms with Crippen LogP contribution in [0.15, 0.2) is 53.8 Å². The molecule has 2 aliphatic carbocycles. The van der Waals surface area contributed by atoms with E-state index in [0.29, 0.717) is 31.6 Å². The molecule has 2 aliphatic rings. The Morgan fingerprint density at radius 2 is 1.75 bits per heavy atom. The molecule has 5 heteroatoms. The van der Waals surface area contributed by atoms with Crippen molar-refractivity contribution in [1.82, 2.24) is 4.98 Å². The van der Waals surface area contributed by atoms with E-state index in [4.69, 9.17) is 0 Å². The van der Waals surface area contributed by atoms with Crippen LogP contribution in [0, 0.1) is 18.8 Å². The smallest absolute Gasteiger partial charge is 0.261 e. The third kappa shape index (κ3) is 4.23. The monoisotopic (exact) mass is 393 g/mol. The molecule has 1 heterocycles. The number of allylic oxidation sites excluding steroid dienone is 6. The maximum atomic E-state index is 14.7. The Morgan fingerprint density at radius 3 is 2.39 bits per heavy atom. The number of aromatic nitrogens is 1. The van der Waals surface area contributed by atoms with Crippen LogP contribution in [0.3, 0.4) is 0 Å². The first-order valence-corrected chi connectivity index (χ1v) is 9.98. The van der Waals surface area contributed by atoms with Gasteiger partial charge in [0.15, 0.2) is 0 Å². The quantitative estimate of drug-likeness (QED) is 0.499. The van der Waals surface area contributed by atoms with Crippen LogP contribution in [0.2, 0.25) is 0 Å². The Morgan fingerprint density at radius 1 is 1.04 bits per heavy atom. The number of halogens is 4. The minimum absolute atomic E-state index is 0.396. The summed E-state index contributed by atoms with van der Waals surface area (Å²) in [4.78, 5) is 4.18. The van der Waals surface area contributed by atoms with Crippen LogP contribution in [0.1, 0.15) is 50.3 Å². The molecule has 0 N–H and O–H groups in total. The van der Waals surface area contributed by atoms with E-state index < -0.39 is 28.9 Å². The third-order valence-corrected chi connectivity index (χ3v) is 5.89. The number of nitrogens with zero attached hydrogens (tertiary/aromatic N) is 1. The zero-order valence-corrected chi connectivity index (χ0v) is 16.4. The summed E-state index contributed by atoms with van der Waals surface area (Å²) in [5.41, 5.74) is 0.877. The van der Waals surface area contributed by atoms with E-state index in [2.05, 4.69) is 11.9 Å². The lowest BCUT2D eigenvalue weighted by Crippen LogP contribution is -2.47. The van der Waals surface area contributed by atoms with Crippen LogP contribution in [-0.2, 0) is 6.42 Å². The van der Waals surface area contributed by atoms with Crippen molar-refractivity contribution >= 4 is 0 Å². The normalized spacial score (nSPS) is 26.8. The average Bonchev–Trinajstić information content (AvgIpc) is 2.65. The first-order chi connectivity index (χ1) is 13.2. The highest BCUT2D eigenvalue weighted by Gasteiger charge is 2.62. The molecule has 28 heavy (non-hydrogen) atoms. The summed E-state index contributed by atoms with van der Waals surface area (Å²) >= 11 is 0. The molecule has 1 aromatic rings. The van der Waals surface area contributed by atoms with Crippen LogP contribution >= 0.6 is 0 Å². The summed E-state index contributed by atoms with van der Waals surface area (Å²) in [6.45, 7) is 3.96. The number of rotatable bonds is 5. The standard InChI is InChI=1S/C23H27F4N/c1-16-7-11-19(12-8-16)21-14-13-20(22(24,25)23(21,26)27)6-4-3-5-18-10-9-17(2)28-15-18/h4,6,9-10,13-16,19H,3,5,7-8,11-12H2,1-2H3/b6-4+. The second-order valence-corrected chi connectivity index (χ2v) is 8.10. The van der Waals surface area contributed by atoms with Gasteiger partial charge in [-0.05, 0) is 56.1 Å². The molecule has 0 spiro atoms. The van der Waals surface area contributed by atoms with Crippen molar-refractivity contribution in [2.24, 2.45) is 11.8 Å². The second kappa shape index (κ2) is 8.22. The van der Waals surface area contributed by atoms with Crippen molar-refractivity contribution in [3.63, 3.8) is 0 Å². The molecule has 1 nitrogen and oxygen atoms in total. The van der Waals surface area contributed by atoms with E-state index in [1.54, 1.807) is 6.20 Å². The van der Waals surface area contributed by atoms with Crippen molar-refractivity contribution in [2.45, 2.75) is 64.2 Å². The maximum Gasteiger partial charge on any atom is 0.339 e. The molecular formula is C23H27F4N. The maximum absolute atomic E-state index is 14.7. The predicted octanol–water partition coefficient (Wildman–Crippen LogP) is 6.84. The minimum atomic E-state index is -4.18. The van der Waals surface area contributed by atoms with Gasteiger partial charge in [-0.25, -0.2) is 0 Å². The lowest BCUT2D eigenvalue weighted by atomic mass is 9.74. The van der Waals surface area contributed by atoms with Gasteiger partial charge in [-0.1, -0.05) is 50.1 Å². The first-order valence-electron chi connectivity index (χ1n) is 9.98. The number of hydrogen-bond acceptors (Lipinski definition) is 1. The summed E-state index contributed by atoms with van der Waals surface area (Å²) < 4.78 is 58.6. The van der Waals surface area contributed by atoms with Gasteiger partial charge < -0.3 is 0 Å². The molecular weight excluding hydrogens is 366 g/mol. The van der Waals surface area contributed by atoms with Gasteiger partial charge in [-0.15, -0.1) is 0 Å². The van der Waals surface area contributed by atoms with Crippen molar-refractivity contribution in [1.29, 1.82) is 0 Å². The van der Waals surface area contributed by atoms with E-state index >= 15 is 0 Å². The topological polar surface area (TPSA) is 12.9 Å². The summed E-state index contributed by atoms with van der Waals surface area (Å²) in [5, 5.41) is 0. The number of hydrogen-bond donors (Lipinski definition) is 0. The highest BCUT2D eigenvalue weighted by Crippen LogP contribution is 2.52. The van der Waals surface area contributed by atoms with Crippen LogP contribution in [0.5, 0.6) is 0 Å². The Kier molecular flexibility index (Phi) is 6.11. The molecule has 0 amide bonds. The fourth-order valence-corrected chi connectivity index (χ4v) is 3.98. The second-order valence-electron chi connectivity index (χ2n) is 8.10. The molecule has 0 unspecified atom stereocenters. The molecule has 0 saturated heterocycles. The summed E-state index contributed by atoms with van der Waals surface area (Å²) in [6, 6.07) is 3.81. The predicted molar refractivity (Wildman–Crippen MR) is 104 cm³/mol. The molecule has 152 valence electrons. The van der Waals surface area contributed by atoms with Crippen molar-refractivity contribution in [3.8, 4) is 0 Å². The van der Waals surface area contributed by atoms with Gasteiger partial charge in [0.05, 0.1) is 0 Å². The van der Waals surface area contributed by atoms with Crippen molar-refractivity contribution < 1.29 is 17.6 Å². The molecule has 3 rings (SSSR count). The summed E-state index contributed by atoms with van der Waals surface area (Å²) in [7, 11) is 0. The van der Waals surface area contributed by atoms with E-state index in [0.717, 1.165) is 30.2 Å². The average molecular weight is 393 g/mol. The highest BCUT2D eigenvalue weighted by molar-refractivity contribution is 5.44. The van der Waals surface area contributed by atoms with Crippen LogP contribution in [-0.4, -0.2) is 16.8 Å². The minimum Gasteiger partial charge on any atom is -0.261 e. The SMILES string of the molecule is Cc1ccc(CC/C=C/C2=CC=C(C3CCC(C)CC3)C(F)(F)C2(F)F)cn1. The zero-order chi connectivity index (χ0) is 20.4. The van der Waals surface area contributed by atoms with E-state index in [-0.39, 0.29) is 0 Å². The Hall–Kier alpha value is -1.91. The zero-order valence-electron chi connectivity index (χ0n) is 16.4. The molecule has 0 bridgehead atoms. The Balaban J connectivity index is 1.70. The Bertz CT molecular complexity index is 766. The number of aryl methyl sites for hydroxylation is 2. The van der Waals surface area contributed by atoms with E-state index in [1.807, 2.05) is 19.1 Å². The van der Waals surface area contributed by atoms with Gasteiger partial charge in [0, 0.05) is 23.0 Å². The van der Waals surface area contributed by atoms with Crippen LogP contribution in [0.25, 0.3) is 0 Å². The van der Waals surface area contributed by atoms with Gasteiger partial charge in [-0.3, -0.25) is 4.98 Å². The van der Waals surface area contributed by atoms with Gasteiger partial charge in [0.25, 0.3) is 0 Å². The number of alkyl halides is 4. The molecule has 0 radical (unpaired) electrons. The largest absolute Gasteiger partial charge is 0.339 e. The lowest BCUT2D eigenvalue weighted by Gasteiger charge is -2.37. The van der Waals surface area contributed by atoms with Gasteiger partial charge in [0.1, 0.15) is 0 Å². The molecule has 1 saturated carbocycles. The molecule has 1 aromatic heterocycles. The van der Waals surface area contributed by atoms with Crippen molar-refractivity contribution in [2.75, 3.05) is 0 Å². The van der Waals surface area contributed by atoms with E-state index in [1.165, 1.54) is 18.2 Å². The summed E-state index contributed by atoms with van der Waals surface area (Å²) in [6.07, 6.45) is 10.7. The van der Waals surface area contributed by atoms with E-state index in [9.17, 15) is 17.6 Å². The highest BCUT2D eigenvalue weighted by atomic mass is 19.3. The van der Waals surface area contributed by atoms with Gasteiger partial charge in [0.2, 0.25) is 0 Å². The first kappa shape index (κ1) is 20.8. The van der Waals surface area contributed by atoms with Gasteiger partial charge in [-0.2, -0.15) is 17.6 Å². The third-order valence-electron chi connectivity index (χ3n) is 5.89. The fourth-order valence-electron chi connectivity index (χ4n) is 3.98. The molecule has 0 aromatic carbocycles. The van der Waals surface area contributed by atoms with Gasteiger partial charge >= 0.3 is 11.8 Å². The van der Waals surface area contributed by atoms with Crippen molar-refractivity contribution in [3.05, 3.63) is 65.0 Å². The summed E-state index contributed by atoms with van der Waals surface area (Å²) in [5.74, 6) is -8.28. The molecule has 1 fully saturated rings. The lowest BCUT2D eigenvalue weighted by molar-refractivity contribution is -0.166. The molecule has 0 aliphatic heterocycles. The number of pyridine rings is 1.